The van der Waals surface area contributed by atoms with Crippen molar-refractivity contribution in [1.29, 1.82) is 0 Å². The van der Waals surface area contributed by atoms with E-state index in [-0.39, 0.29) is 48.3 Å². The average Bonchev–Trinajstić information content (AvgIpc) is 2.76. The second-order valence-electron chi connectivity index (χ2n) is 5.84. The van der Waals surface area contributed by atoms with E-state index >= 15 is 0 Å². The van der Waals surface area contributed by atoms with Crippen LogP contribution in [0.4, 0.5) is 0 Å². The Morgan fingerprint density at radius 1 is 1.15 bits per heavy atom. The number of allylic oxidation sites excluding steroid dienone is 2. The van der Waals surface area contributed by atoms with Crippen molar-refractivity contribution in [2.75, 3.05) is 0 Å². The van der Waals surface area contributed by atoms with Crippen LogP contribution < -0.4 is 0 Å². The van der Waals surface area contributed by atoms with Crippen molar-refractivity contribution in [3.05, 3.63) is 12.2 Å². The van der Waals surface area contributed by atoms with E-state index in [1.807, 2.05) is 13.0 Å². The summed E-state index contributed by atoms with van der Waals surface area (Å²) in [6.07, 6.45) is 7.79. The van der Waals surface area contributed by atoms with Gasteiger partial charge in [0.1, 0.15) is 11.6 Å². The van der Waals surface area contributed by atoms with Crippen molar-refractivity contribution in [3.63, 3.8) is 0 Å². The highest BCUT2D eigenvalue weighted by atomic mass is 16.5. The number of carbonyl (C=O) groups is 3. The standard InChI is InChI=1S/C16H22O4/c1-11-5-3-2-4-6-12-9-13(17)10-14(12)15(18)7-8-16(19)20-11/h4,6,11-12,14H,2-3,5,7-10H2,1H3/b6-4-/t11-,12+,14+/m0/s1. The third-order valence-corrected chi connectivity index (χ3v) is 4.11. The minimum Gasteiger partial charge on any atom is -0.463 e. The first-order valence-corrected chi connectivity index (χ1v) is 7.47. The molecule has 1 aliphatic heterocycles. The molecule has 0 aromatic rings. The molecule has 4 heteroatoms. The highest BCUT2D eigenvalue weighted by Crippen LogP contribution is 2.32. The smallest absolute Gasteiger partial charge is 0.306 e. The first kappa shape index (κ1) is 14.9. The van der Waals surface area contributed by atoms with Crippen LogP contribution in [0.15, 0.2) is 12.2 Å². The minimum atomic E-state index is -0.307. The Kier molecular flexibility index (Phi) is 5.10. The molecule has 0 spiro atoms. The molecule has 1 aliphatic carbocycles. The van der Waals surface area contributed by atoms with Gasteiger partial charge in [0.05, 0.1) is 12.5 Å². The lowest BCUT2D eigenvalue weighted by Crippen LogP contribution is -2.20. The maximum Gasteiger partial charge on any atom is 0.306 e. The van der Waals surface area contributed by atoms with Crippen LogP contribution in [0.3, 0.4) is 0 Å². The summed E-state index contributed by atoms with van der Waals surface area (Å²) in [4.78, 5) is 35.4. The lowest BCUT2D eigenvalue weighted by atomic mass is 9.89. The normalized spacial score (nSPS) is 34.5. The zero-order valence-corrected chi connectivity index (χ0v) is 12.0. The molecule has 0 N–H and O–H groups in total. The van der Waals surface area contributed by atoms with E-state index in [0.29, 0.717) is 12.8 Å². The maximum absolute atomic E-state index is 12.2. The summed E-state index contributed by atoms with van der Waals surface area (Å²) in [5, 5.41) is 0. The van der Waals surface area contributed by atoms with E-state index in [4.69, 9.17) is 4.74 Å². The van der Waals surface area contributed by atoms with Crippen LogP contribution in [-0.4, -0.2) is 23.6 Å². The van der Waals surface area contributed by atoms with Crippen LogP contribution in [0.25, 0.3) is 0 Å². The molecule has 0 aromatic carbocycles. The van der Waals surface area contributed by atoms with E-state index in [0.717, 1.165) is 19.3 Å². The Labute approximate surface area is 119 Å². The van der Waals surface area contributed by atoms with Crippen LogP contribution in [-0.2, 0) is 19.1 Å². The molecular weight excluding hydrogens is 256 g/mol. The van der Waals surface area contributed by atoms with Gasteiger partial charge in [-0.05, 0) is 32.1 Å². The Balaban J connectivity index is 2.07. The van der Waals surface area contributed by atoms with Gasteiger partial charge < -0.3 is 4.74 Å². The number of carbonyl (C=O) groups excluding carboxylic acids is 3. The summed E-state index contributed by atoms with van der Waals surface area (Å²) in [6, 6.07) is 0. The highest BCUT2D eigenvalue weighted by molar-refractivity contribution is 5.93. The van der Waals surface area contributed by atoms with Crippen molar-refractivity contribution in [1.82, 2.24) is 0 Å². The summed E-state index contributed by atoms with van der Waals surface area (Å²) in [5.74, 6) is -0.330. The van der Waals surface area contributed by atoms with Crippen molar-refractivity contribution in [3.8, 4) is 0 Å². The number of esters is 1. The van der Waals surface area contributed by atoms with Gasteiger partial charge in [-0.15, -0.1) is 0 Å². The van der Waals surface area contributed by atoms with Gasteiger partial charge in [0.2, 0.25) is 0 Å². The van der Waals surface area contributed by atoms with E-state index in [2.05, 4.69) is 6.08 Å². The Bertz CT molecular complexity index is 424. The molecule has 1 fully saturated rings. The van der Waals surface area contributed by atoms with Crippen LogP contribution >= 0.6 is 0 Å². The molecule has 2 aliphatic rings. The van der Waals surface area contributed by atoms with E-state index in [1.54, 1.807) is 0 Å². The molecule has 1 saturated carbocycles. The minimum absolute atomic E-state index is 0.0225. The second-order valence-corrected chi connectivity index (χ2v) is 5.84. The van der Waals surface area contributed by atoms with Crippen LogP contribution in [0, 0.1) is 11.8 Å². The van der Waals surface area contributed by atoms with Gasteiger partial charge in [-0.25, -0.2) is 0 Å². The van der Waals surface area contributed by atoms with Crippen molar-refractivity contribution < 1.29 is 19.1 Å². The first-order chi connectivity index (χ1) is 9.56. The van der Waals surface area contributed by atoms with Gasteiger partial charge in [0.25, 0.3) is 0 Å². The van der Waals surface area contributed by atoms with Gasteiger partial charge in [0, 0.05) is 25.2 Å². The Morgan fingerprint density at radius 3 is 2.75 bits per heavy atom. The first-order valence-electron chi connectivity index (χ1n) is 7.47. The topological polar surface area (TPSA) is 60.4 Å². The van der Waals surface area contributed by atoms with Crippen molar-refractivity contribution >= 4 is 17.5 Å². The molecule has 0 radical (unpaired) electrons. The number of hydrogen-bond donors (Lipinski definition) is 0. The zero-order valence-electron chi connectivity index (χ0n) is 12.0. The molecular formula is C16H22O4. The molecule has 3 atom stereocenters. The Morgan fingerprint density at radius 2 is 1.95 bits per heavy atom. The van der Waals surface area contributed by atoms with E-state index in [9.17, 15) is 14.4 Å². The fourth-order valence-corrected chi connectivity index (χ4v) is 2.99. The average molecular weight is 278 g/mol. The Hall–Kier alpha value is -1.45. The molecule has 1 heterocycles. The molecule has 0 saturated heterocycles. The van der Waals surface area contributed by atoms with E-state index in [1.165, 1.54) is 0 Å². The fraction of sp³-hybridized carbons (Fsp3) is 0.688. The quantitative estimate of drug-likeness (QED) is 0.505. The molecule has 0 unspecified atom stereocenters. The summed E-state index contributed by atoms with van der Waals surface area (Å²) in [6.45, 7) is 1.89. The summed E-state index contributed by atoms with van der Waals surface area (Å²) >= 11 is 0. The molecule has 4 nitrogen and oxygen atoms in total. The summed E-state index contributed by atoms with van der Waals surface area (Å²) in [7, 11) is 0. The molecule has 0 bridgehead atoms. The zero-order chi connectivity index (χ0) is 14.5. The number of ether oxygens (including phenoxy) is 1. The van der Waals surface area contributed by atoms with Gasteiger partial charge in [-0.2, -0.15) is 0 Å². The fourth-order valence-electron chi connectivity index (χ4n) is 2.99. The number of cyclic esters (lactones) is 1. The van der Waals surface area contributed by atoms with Gasteiger partial charge in [-0.3, -0.25) is 14.4 Å². The molecule has 0 aromatic heterocycles. The van der Waals surface area contributed by atoms with Crippen LogP contribution in [0.2, 0.25) is 0 Å². The monoisotopic (exact) mass is 278 g/mol. The third-order valence-electron chi connectivity index (χ3n) is 4.11. The molecule has 110 valence electrons. The maximum atomic E-state index is 12.2. The summed E-state index contributed by atoms with van der Waals surface area (Å²) in [5.41, 5.74) is 0. The van der Waals surface area contributed by atoms with E-state index < -0.39 is 0 Å². The lowest BCUT2D eigenvalue weighted by Gasteiger charge is -2.14. The molecule has 0 amide bonds. The number of rotatable bonds is 0. The number of ketones is 2. The SMILES string of the molecule is C[C@H]1CCC/C=C\[C@@H]2CC(=O)C[C@H]2C(=O)CCC(=O)O1. The second kappa shape index (κ2) is 6.82. The van der Waals surface area contributed by atoms with Crippen LogP contribution in [0.5, 0.6) is 0 Å². The number of Topliss-reactive ketones (excluding diaryl/α,β-unsaturated/α-hetero) is 2. The highest BCUT2D eigenvalue weighted by Gasteiger charge is 2.36. The predicted octanol–water partition coefficient (Wildman–Crippen LogP) is 2.60. The molecule has 2 rings (SSSR count). The van der Waals surface area contributed by atoms with Crippen molar-refractivity contribution in [2.24, 2.45) is 11.8 Å². The third kappa shape index (κ3) is 4.02. The van der Waals surface area contributed by atoms with Gasteiger partial charge in [0.15, 0.2) is 0 Å². The van der Waals surface area contributed by atoms with Gasteiger partial charge in [-0.1, -0.05) is 12.2 Å². The van der Waals surface area contributed by atoms with Crippen LogP contribution in [0.1, 0.15) is 51.9 Å². The van der Waals surface area contributed by atoms with Crippen molar-refractivity contribution in [2.45, 2.75) is 58.0 Å². The molecule has 20 heavy (non-hydrogen) atoms. The predicted molar refractivity (Wildman–Crippen MR) is 74.0 cm³/mol. The lowest BCUT2D eigenvalue weighted by molar-refractivity contribution is -0.149. The number of hydrogen-bond acceptors (Lipinski definition) is 4. The summed E-state index contributed by atoms with van der Waals surface area (Å²) < 4.78 is 5.26. The number of fused-ring (bicyclic) bond motifs is 1. The largest absolute Gasteiger partial charge is 0.463 e. The van der Waals surface area contributed by atoms with Gasteiger partial charge >= 0.3 is 5.97 Å².